The first-order chi connectivity index (χ1) is 9.75. The summed E-state index contributed by atoms with van der Waals surface area (Å²) in [5.41, 5.74) is -7.46. The van der Waals surface area contributed by atoms with Crippen LogP contribution in [0.25, 0.3) is 0 Å². The number of carbonyl (C=O) groups excluding carboxylic acids is 2. The molecule has 0 aliphatic rings. The fraction of sp³-hybridized carbons (Fsp3) is 0.714. The second-order valence-electron chi connectivity index (χ2n) is 3.59. The van der Waals surface area contributed by atoms with Gasteiger partial charge in [0.1, 0.15) is 0 Å². The molecular formula is C7F13NO2. The number of alkyl halides is 11. The summed E-state index contributed by atoms with van der Waals surface area (Å²) in [5.74, 6) is -7.21. The molecule has 16 heteroatoms. The van der Waals surface area contributed by atoms with Crippen LogP contribution in [-0.4, -0.2) is 47.2 Å². The lowest BCUT2D eigenvalue weighted by molar-refractivity contribution is -0.462. The lowest BCUT2D eigenvalue weighted by Crippen LogP contribution is -2.73. The van der Waals surface area contributed by atoms with E-state index in [2.05, 4.69) is 0 Å². The van der Waals surface area contributed by atoms with Crippen molar-refractivity contribution < 1.29 is 66.7 Å². The van der Waals surface area contributed by atoms with E-state index in [1.807, 2.05) is 0 Å². The van der Waals surface area contributed by atoms with E-state index < -0.39 is 47.2 Å². The van der Waals surface area contributed by atoms with Gasteiger partial charge in [-0.05, 0) is 0 Å². The fourth-order valence-electron chi connectivity index (χ4n) is 1.18. The molecule has 1 atom stereocenters. The van der Waals surface area contributed by atoms with Crippen molar-refractivity contribution in [2.24, 2.45) is 0 Å². The van der Waals surface area contributed by atoms with Crippen LogP contribution in [0, 0.1) is 0 Å². The molecule has 0 radical (unpaired) electrons. The van der Waals surface area contributed by atoms with E-state index in [0.717, 1.165) is 0 Å². The zero-order chi connectivity index (χ0) is 19.2. The average molecular weight is 377 g/mol. The zero-order valence-corrected chi connectivity index (χ0v) is 9.68. The molecule has 136 valence electrons. The molecule has 0 N–H and O–H groups in total. The van der Waals surface area contributed by atoms with E-state index in [-0.39, 0.29) is 0 Å². The van der Waals surface area contributed by atoms with Crippen LogP contribution in [0.1, 0.15) is 0 Å². The molecular weight excluding hydrogens is 377 g/mol. The predicted molar refractivity (Wildman–Crippen MR) is 39.9 cm³/mol. The molecule has 0 spiro atoms. The first-order valence-electron chi connectivity index (χ1n) is 4.54. The zero-order valence-electron chi connectivity index (χ0n) is 9.68. The van der Waals surface area contributed by atoms with Gasteiger partial charge in [-0.1, -0.05) is 4.90 Å². The van der Waals surface area contributed by atoms with Gasteiger partial charge in [0.25, 0.3) is 0 Å². The van der Waals surface area contributed by atoms with Crippen molar-refractivity contribution in [3.8, 4) is 0 Å². The standard InChI is InChI=1S/C7F13NO2/c8-1(22)3(10,4(11,12)2(9)23)5(13,14)21(6(15,16)17)7(18,19)20. The summed E-state index contributed by atoms with van der Waals surface area (Å²) in [7, 11) is 0. The smallest absolute Gasteiger partial charge is 0.257 e. The van der Waals surface area contributed by atoms with Gasteiger partial charge < -0.3 is 0 Å². The van der Waals surface area contributed by atoms with Gasteiger partial charge in [0.05, 0.1) is 0 Å². The quantitative estimate of drug-likeness (QED) is 0.420. The molecule has 0 fully saturated rings. The summed E-state index contributed by atoms with van der Waals surface area (Å²) in [4.78, 5) is 15.4. The number of hydrogen-bond acceptors (Lipinski definition) is 3. The van der Waals surface area contributed by atoms with Crippen molar-refractivity contribution in [1.29, 1.82) is 0 Å². The van der Waals surface area contributed by atoms with E-state index >= 15 is 0 Å². The largest absolute Gasteiger partial charge is 0.472 e. The summed E-state index contributed by atoms with van der Waals surface area (Å²) in [6, 6.07) is -17.3. The van der Waals surface area contributed by atoms with E-state index in [9.17, 15) is 66.7 Å². The summed E-state index contributed by atoms with van der Waals surface area (Å²) in [5, 5.41) is 0. The highest BCUT2D eigenvalue weighted by Gasteiger charge is 2.86. The molecule has 0 aromatic heterocycles. The summed E-state index contributed by atoms with van der Waals surface area (Å²) in [6.45, 7) is 0. The Labute approximate surface area is 115 Å². The molecule has 0 rings (SSSR count). The third kappa shape index (κ3) is 3.20. The number of nitrogens with zero attached hydrogens (tertiary/aromatic N) is 1. The molecule has 1 unspecified atom stereocenters. The molecule has 0 heterocycles. The minimum atomic E-state index is -7.79. The topological polar surface area (TPSA) is 37.4 Å². The Kier molecular flexibility index (Phi) is 5.10. The summed E-state index contributed by atoms with van der Waals surface area (Å²) in [6.07, 6.45) is -14.8. The first kappa shape index (κ1) is 21.4. The Morgan fingerprint density at radius 2 is 0.913 bits per heavy atom. The van der Waals surface area contributed by atoms with Gasteiger partial charge in [0.2, 0.25) is 0 Å². The van der Waals surface area contributed by atoms with Crippen molar-refractivity contribution in [2.45, 2.75) is 30.2 Å². The first-order valence-corrected chi connectivity index (χ1v) is 4.54. The summed E-state index contributed by atoms with van der Waals surface area (Å²) >= 11 is 0. The molecule has 0 aliphatic carbocycles. The van der Waals surface area contributed by atoms with Crippen molar-refractivity contribution in [2.75, 3.05) is 0 Å². The van der Waals surface area contributed by atoms with E-state index in [1.165, 1.54) is 0 Å². The van der Waals surface area contributed by atoms with Gasteiger partial charge >= 0.3 is 42.3 Å². The second kappa shape index (κ2) is 5.48. The Balaban J connectivity index is 6.70. The predicted octanol–water partition coefficient (Wildman–Crippen LogP) is 3.26. The molecule has 0 bridgehead atoms. The lowest BCUT2D eigenvalue weighted by atomic mass is 9.94. The van der Waals surface area contributed by atoms with Gasteiger partial charge in [-0.15, -0.1) is 0 Å². The normalized spacial score (nSPS) is 17.1. The SMILES string of the molecule is O=C(F)C(F)(F)C(F)(C(=O)F)C(F)(F)N(C(F)(F)F)C(F)(F)F. The maximum absolute atomic E-state index is 13.3. The molecule has 3 nitrogen and oxygen atoms in total. The van der Waals surface area contributed by atoms with Crippen LogP contribution < -0.4 is 0 Å². The van der Waals surface area contributed by atoms with Gasteiger partial charge in [0, 0.05) is 0 Å². The maximum Gasteiger partial charge on any atom is 0.472 e. The Morgan fingerprint density at radius 1 is 0.609 bits per heavy atom. The van der Waals surface area contributed by atoms with E-state index in [1.54, 1.807) is 0 Å². The number of rotatable bonds is 5. The van der Waals surface area contributed by atoms with Gasteiger partial charge in [-0.3, -0.25) is 9.59 Å². The van der Waals surface area contributed by atoms with Crippen LogP contribution in [0.2, 0.25) is 0 Å². The Hall–Kier alpha value is -1.61. The summed E-state index contributed by atoms with van der Waals surface area (Å²) < 4.78 is 161. The number of carbonyl (C=O) groups is 2. The number of hydrogen-bond donors (Lipinski definition) is 0. The highest BCUT2D eigenvalue weighted by molar-refractivity contribution is 5.91. The molecule has 0 amide bonds. The molecule has 0 aliphatic heterocycles. The van der Waals surface area contributed by atoms with Gasteiger partial charge in [-0.25, -0.2) is 4.39 Å². The van der Waals surface area contributed by atoms with Crippen LogP contribution >= 0.6 is 0 Å². The Bertz CT molecular complexity index is 480. The van der Waals surface area contributed by atoms with Crippen LogP contribution in [-0.2, 0) is 9.59 Å². The highest BCUT2D eigenvalue weighted by Crippen LogP contribution is 2.53. The van der Waals surface area contributed by atoms with E-state index in [4.69, 9.17) is 0 Å². The molecule has 0 aromatic rings. The van der Waals surface area contributed by atoms with Gasteiger partial charge in [-0.2, -0.15) is 52.7 Å². The lowest BCUT2D eigenvalue weighted by Gasteiger charge is -2.40. The van der Waals surface area contributed by atoms with Crippen molar-refractivity contribution >= 4 is 12.1 Å². The minimum Gasteiger partial charge on any atom is -0.257 e. The third-order valence-electron chi connectivity index (χ3n) is 2.15. The molecule has 0 saturated heterocycles. The monoisotopic (exact) mass is 377 g/mol. The van der Waals surface area contributed by atoms with Crippen molar-refractivity contribution in [1.82, 2.24) is 4.90 Å². The van der Waals surface area contributed by atoms with Crippen LogP contribution in [0.5, 0.6) is 0 Å². The Morgan fingerprint density at radius 3 is 1.09 bits per heavy atom. The van der Waals surface area contributed by atoms with Crippen LogP contribution in [0.3, 0.4) is 0 Å². The highest BCUT2D eigenvalue weighted by atomic mass is 19.4. The average Bonchev–Trinajstić information content (AvgIpc) is 2.21. The van der Waals surface area contributed by atoms with E-state index in [0.29, 0.717) is 0 Å². The van der Waals surface area contributed by atoms with Gasteiger partial charge in [0.15, 0.2) is 0 Å². The van der Waals surface area contributed by atoms with Crippen LogP contribution in [0.15, 0.2) is 0 Å². The molecule has 0 aromatic carbocycles. The third-order valence-corrected chi connectivity index (χ3v) is 2.15. The fourth-order valence-corrected chi connectivity index (χ4v) is 1.18. The van der Waals surface area contributed by atoms with Crippen molar-refractivity contribution in [3.05, 3.63) is 0 Å². The molecule has 0 saturated carbocycles. The van der Waals surface area contributed by atoms with Crippen LogP contribution in [0.4, 0.5) is 57.1 Å². The number of halogens is 13. The van der Waals surface area contributed by atoms with Crippen molar-refractivity contribution in [3.63, 3.8) is 0 Å². The second-order valence-corrected chi connectivity index (χ2v) is 3.59. The maximum atomic E-state index is 13.3. The molecule has 23 heavy (non-hydrogen) atoms. The minimum absolute atomic E-state index is 4.21.